The highest BCUT2D eigenvalue weighted by molar-refractivity contribution is 5.68. The highest BCUT2D eigenvalue weighted by Gasteiger charge is 2.19. The van der Waals surface area contributed by atoms with E-state index in [2.05, 4.69) is 97.8 Å². The number of hydrogen-bond acceptors (Lipinski definition) is 8. The van der Waals surface area contributed by atoms with Gasteiger partial charge in [-0.2, -0.15) is 9.67 Å². The lowest BCUT2D eigenvalue weighted by Crippen LogP contribution is -2.48. The molecule has 0 radical (unpaired) electrons. The van der Waals surface area contributed by atoms with Crippen molar-refractivity contribution >= 4 is 23.7 Å². The summed E-state index contributed by atoms with van der Waals surface area (Å²) in [5.41, 5.74) is 12.9. The van der Waals surface area contributed by atoms with Gasteiger partial charge in [0.2, 0.25) is 11.9 Å². The predicted octanol–water partition coefficient (Wildman–Crippen LogP) is 4.58. The van der Waals surface area contributed by atoms with Crippen LogP contribution in [0.1, 0.15) is 37.0 Å². The molecule has 0 amide bonds. The Labute approximate surface area is 235 Å². The summed E-state index contributed by atoms with van der Waals surface area (Å²) in [6, 6.07) is 19.3. The molecule has 3 heterocycles. The standard InChI is InChI=1S/C31H37N9/c1-22(2)39-19-17-38(18-20-39)16-6-7-23-12-14-26(15-13-23)33-31-34-30(32)40(37-31)28-21-25-10-5-9-24-8-3-4-11-27(24)29(25)36-35-28/h3-4,6-8,11-15,21-22H,5,9-10,16-20H2,1-2H3,(H3,32,33,34,37). The number of nitrogens with zero attached hydrogens (tertiary/aromatic N) is 7. The summed E-state index contributed by atoms with van der Waals surface area (Å²) in [5, 5.41) is 16.9. The van der Waals surface area contributed by atoms with Gasteiger partial charge in [-0.3, -0.25) is 9.80 Å². The molecule has 4 aromatic rings. The van der Waals surface area contributed by atoms with Crippen LogP contribution in [0.2, 0.25) is 0 Å². The minimum Gasteiger partial charge on any atom is -0.368 e. The van der Waals surface area contributed by atoms with Crippen LogP contribution in [0.5, 0.6) is 0 Å². The van der Waals surface area contributed by atoms with Crippen molar-refractivity contribution < 1.29 is 0 Å². The topological polar surface area (TPSA) is 101 Å². The molecule has 9 nitrogen and oxygen atoms in total. The third-order valence-corrected chi connectivity index (χ3v) is 7.85. The summed E-state index contributed by atoms with van der Waals surface area (Å²) in [7, 11) is 0. The molecule has 1 saturated heterocycles. The maximum atomic E-state index is 6.24. The van der Waals surface area contributed by atoms with Crippen LogP contribution >= 0.6 is 0 Å². The SMILES string of the molecule is CC(C)N1CCN(CC=Cc2ccc(Nc3nc(N)n(-c4cc5c(nn4)-c4ccccc4CCC5)n3)cc2)CC1. The summed E-state index contributed by atoms with van der Waals surface area (Å²) < 4.78 is 1.55. The van der Waals surface area contributed by atoms with Crippen LogP contribution in [0.15, 0.2) is 60.7 Å². The second-order valence-corrected chi connectivity index (χ2v) is 10.9. The van der Waals surface area contributed by atoms with Crippen LogP contribution < -0.4 is 11.1 Å². The van der Waals surface area contributed by atoms with Gasteiger partial charge in [0, 0.05) is 50.0 Å². The third kappa shape index (κ3) is 5.76. The van der Waals surface area contributed by atoms with E-state index in [9.17, 15) is 0 Å². The van der Waals surface area contributed by atoms with E-state index in [1.165, 1.54) is 5.56 Å². The molecule has 0 saturated carbocycles. The first-order valence-electron chi connectivity index (χ1n) is 14.2. The van der Waals surface area contributed by atoms with Crippen molar-refractivity contribution in [3.05, 3.63) is 77.4 Å². The number of anilines is 3. The lowest BCUT2D eigenvalue weighted by molar-refractivity contribution is 0.117. The summed E-state index contributed by atoms with van der Waals surface area (Å²) in [4.78, 5) is 9.46. The number of piperazine rings is 1. The number of rotatable bonds is 7. The number of nitrogens with two attached hydrogens (primary N) is 1. The zero-order valence-electron chi connectivity index (χ0n) is 23.3. The number of nitrogen functional groups attached to an aromatic ring is 1. The Morgan fingerprint density at radius 2 is 1.73 bits per heavy atom. The van der Waals surface area contributed by atoms with Gasteiger partial charge >= 0.3 is 0 Å². The molecular formula is C31H37N9. The summed E-state index contributed by atoms with van der Waals surface area (Å²) in [6.45, 7) is 10.1. The van der Waals surface area contributed by atoms with E-state index < -0.39 is 0 Å². The lowest BCUT2D eigenvalue weighted by Gasteiger charge is -2.36. The fourth-order valence-corrected chi connectivity index (χ4v) is 5.53. The van der Waals surface area contributed by atoms with Crippen LogP contribution in [-0.2, 0) is 12.8 Å². The van der Waals surface area contributed by atoms with E-state index >= 15 is 0 Å². The summed E-state index contributed by atoms with van der Waals surface area (Å²) in [5.74, 6) is 1.25. The quantitative estimate of drug-likeness (QED) is 0.355. The minimum atomic E-state index is 0.263. The monoisotopic (exact) mass is 535 g/mol. The number of aryl methyl sites for hydroxylation is 2. The molecule has 0 unspecified atom stereocenters. The average Bonchev–Trinajstić information content (AvgIpc) is 3.23. The summed E-state index contributed by atoms with van der Waals surface area (Å²) in [6.07, 6.45) is 7.46. The minimum absolute atomic E-state index is 0.263. The highest BCUT2D eigenvalue weighted by Crippen LogP contribution is 2.31. The maximum absolute atomic E-state index is 6.24. The molecule has 0 bridgehead atoms. The fraction of sp³-hybridized carbons (Fsp3) is 0.355. The molecule has 3 N–H and O–H groups in total. The maximum Gasteiger partial charge on any atom is 0.248 e. The molecule has 206 valence electrons. The van der Waals surface area contributed by atoms with Crippen molar-refractivity contribution in [2.24, 2.45) is 0 Å². The van der Waals surface area contributed by atoms with E-state index in [0.29, 0.717) is 17.8 Å². The van der Waals surface area contributed by atoms with Gasteiger partial charge in [-0.15, -0.1) is 15.3 Å². The van der Waals surface area contributed by atoms with Crippen molar-refractivity contribution in [3.8, 4) is 17.1 Å². The zero-order valence-corrected chi connectivity index (χ0v) is 23.3. The fourth-order valence-electron chi connectivity index (χ4n) is 5.53. The van der Waals surface area contributed by atoms with Crippen LogP contribution in [0.4, 0.5) is 17.6 Å². The molecule has 0 atom stereocenters. The van der Waals surface area contributed by atoms with Gasteiger partial charge in [-0.1, -0.05) is 48.6 Å². The predicted molar refractivity (Wildman–Crippen MR) is 161 cm³/mol. The Morgan fingerprint density at radius 1 is 0.950 bits per heavy atom. The van der Waals surface area contributed by atoms with E-state index in [1.807, 2.05) is 18.2 Å². The molecule has 1 aliphatic carbocycles. The van der Waals surface area contributed by atoms with Crippen LogP contribution in [0, 0.1) is 0 Å². The molecule has 2 aromatic carbocycles. The molecule has 2 aliphatic rings. The van der Waals surface area contributed by atoms with Gasteiger partial charge in [0.1, 0.15) is 0 Å². The highest BCUT2D eigenvalue weighted by atomic mass is 15.4. The van der Waals surface area contributed by atoms with Gasteiger partial charge < -0.3 is 11.1 Å². The van der Waals surface area contributed by atoms with E-state index in [4.69, 9.17) is 5.73 Å². The van der Waals surface area contributed by atoms with Gasteiger partial charge in [-0.05, 0) is 68.0 Å². The van der Waals surface area contributed by atoms with Gasteiger partial charge in [0.05, 0.1) is 5.69 Å². The van der Waals surface area contributed by atoms with E-state index in [0.717, 1.165) is 80.1 Å². The van der Waals surface area contributed by atoms with Crippen molar-refractivity contribution in [2.45, 2.75) is 39.2 Å². The van der Waals surface area contributed by atoms with E-state index in [1.54, 1.807) is 4.68 Å². The number of nitrogens with one attached hydrogen (secondary N) is 1. The molecule has 1 aliphatic heterocycles. The number of benzene rings is 2. The Bertz CT molecular complexity index is 1480. The van der Waals surface area contributed by atoms with Gasteiger partial charge in [0.15, 0.2) is 5.82 Å². The summed E-state index contributed by atoms with van der Waals surface area (Å²) >= 11 is 0. The second-order valence-electron chi connectivity index (χ2n) is 10.9. The third-order valence-electron chi connectivity index (χ3n) is 7.85. The Hall–Kier alpha value is -4.08. The Kier molecular flexibility index (Phi) is 7.57. The lowest BCUT2D eigenvalue weighted by atomic mass is 10.0. The van der Waals surface area contributed by atoms with Crippen molar-refractivity contribution in [1.29, 1.82) is 0 Å². The van der Waals surface area contributed by atoms with Gasteiger partial charge in [0.25, 0.3) is 0 Å². The average molecular weight is 536 g/mol. The number of aromatic nitrogens is 5. The molecule has 0 spiro atoms. The smallest absolute Gasteiger partial charge is 0.248 e. The number of hydrogen-bond donors (Lipinski definition) is 2. The van der Waals surface area contributed by atoms with Crippen LogP contribution in [0.25, 0.3) is 23.2 Å². The number of fused-ring (bicyclic) bond motifs is 3. The molecule has 40 heavy (non-hydrogen) atoms. The molecule has 2 aromatic heterocycles. The van der Waals surface area contributed by atoms with Crippen LogP contribution in [0.3, 0.4) is 0 Å². The van der Waals surface area contributed by atoms with Gasteiger partial charge in [-0.25, -0.2) is 0 Å². The first-order valence-corrected chi connectivity index (χ1v) is 14.2. The first-order chi connectivity index (χ1) is 19.5. The Balaban J connectivity index is 1.09. The second kappa shape index (κ2) is 11.6. The zero-order chi connectivity index (χ0) is 27.5. The van der Waals surface area contributed by atoms with Crippen molar-refractivity contribution in [2.75, 3.05) is 43.8 Å². The molecule has 1 fully saturated rings. The molecule has 9 heteroatoms. The van der Waals surface area contributed by atoms with E-state index in [-0.39, 0.29) is 5.95 Å². The molecular weight excluding hydrogens is 498 g/mol. The van der Waals surface area contributed by atoms with Crippen LogP contribution in [-0.4, -0.2) is 73.5 Å². The largest absolute Gasteiger partial charge is 0.368 e. The van der Waals surface area contributed by atoms with Crippen molar-refractivity contribution in [3.63, 3.8) is 0 Å². The first kappa shape index (κ1) is 26.2. The van der Waals surface area contributed by atoms with Crippen molar-refractivity contribution in [1.82, 2.24) is 34.8 Å². The molecule has 6 rings (SSSR count). The normalized spacial score (nSPS) is 16.2. The Morgan fingerprint density at radius 3 is 2.52 bits per heavy atom.